The first kappa shape index (κ1) is 9.72. The van der Waals surface area contributed by atoms with E-state index in [2.05, 4.69) is 15.2 Å². The molecule has 16 heavy (non-hydrogen) atoms. The minimum Gasteiger partial charge on any atom is -0.329 e. The molecular formula is C11H15N5. The van der Waals surface area contributed by atoms with Gasteiger partial charge in [-0.1, -0.05) is 12.8 Å². The van der Waals surface area contributed by atoms with Gasteiger partial charge < -0.3 is 5.73 Å². The summed E-state index contributed by atoms with van der Waals surface area (Å²) in [7, 11) is 0. The third-order valence-corrected chi connectivity index (χ3v) is 3.64. The maximum Gasteiger partial charge on any atom is 0.179 e. The zero-order valence-electron chi connectivity index (χ0n) is 9.13. The minimum atomic E-state index is 0.0285. The van der Waals surface area contributed by atoms with E-state index in [1.807, 2.05) is 10.6 Å². The molecule has 5 nitrogen and oxygen atoms in total. The van der Waals surface area contributed by atoms with Crippen molar-refractivity contribution < 1.29 is 0 Å². The summed E-state index contributed by atoms with van der Waals surface area (Å²) in [6.07, 6.45) is 10.1. The molecule has 2 heterocycles. The topological polar surface area (TPSA) is 69.1 Å². The molecule has 2 aromatic heterocycles. The van der Waals surface area contributed by atoms with Gasteiger partial charge in [-0.3, -0.25) is 9.38 Å². The highest BCUT2D eigenvalue weighted by Gasteiger charge is 2.38. The molecule has 0 amide bonds. The summed E-state index contributed by atoms with van der Waals surface area (Å²) in [6.45, 7) is 0.649. The van der Waals surface area contributed by atoms with Crippen LogP contribution in [0.4, 0.5) is 0 Å². The van der Waals surface area contributed by atoms with Gasteiger partial charge in [0, 0.05) is 24.4 Å². The smallest absolute Gasteiger partial charge is 0.179 e. The zero-order chi connectivity index (χ0) is 11.0. The Morgan fingerprint density at radius 2 is 2.12 bits per heavy atom. The Labute approximate surface area is 93.7 Å². The highest BCUT2D eigenvalue weighted by Crippen LogP contribution is 2.39. The molecule has 1 aliphatic rings. The van der Waals surface area contributed by atoms with Gasteiger partial charge in [0.25, 0.3) is 0 Å². The van der Waals surface area contributed by atoms with Crippen LogP contribution in [-0.2, 0) is 5.41 Å². The molecule has 3 rings (SSSR count). The van der Waals surface area contributed by atoms with Crippen LogP contribution in [0.1, 0.15) is 31.5 Å². The normalized spacial score (nSPS) is 19.3. The van der Waals surface area contributed by atoms with Crippen LogP contribution in [0.5, 0.6) is 0 Å². The average Bonchev–Trinajstić information content (AvgIpc) is 2.96. The van der Waals surface area contributed by atoms with Crippen molar-refractivity contribution in [3.63, 3.8) is 0 Å². The van der Waals surface area contributed by atoms with Crippen molar-refractivity contribution in [1.29, 1.82) is 0 Å². The van der Waals surface area contributed by atoms with Gasteiger partial charge in [0.2, 0.25) is 0 Å². The Balaban J connectivity index is 2.17. The fourth-order valence-electron chi connectivity index (χ4n) is 2.69. The Hall–Kier alpha value is -1.49. The summed E-state index contributed by atoms with van der Waals surface area (Å²) in [5.74, 6) is 1.00. The van der Waals surface area contributed by atoms with Crippen molar-refractivity contribution in [3.8, 4) is 0 Å². The van der Waals surface area contributed by atoms with Gasteiger partial charge in [-0.15, -0.1) is 10.2 Å². The molecule has 1 saturated carbocycles. The number of nitrogens with two attached hydrogens (primary N) is 1. The van der Waals surface area contributed by atoms with Gasteiger partial charge in [-0.05, 0) is 12.8 Å². The predicted octanol–water partition coefficient (Wildman–Crippen LogP) is 0.895. The van der Waals surface area contributed by atoms with E-state index >= 15 is 0 Å². The first-order valence-electron chi connectivity index (χ1n) is 5.71. The van der Waals surface area contributed by atoms with Crippen molar-refractivity contribution in [3.05, 3.63) is 24.4 Å². The van der Waals surface area contributed by atoms with E-state index in [9.17, 15) is 0 Å². The summed E-state index contributed by atoms with van der Waals surface area (Å²) in [6, 6.07) is 0. The molecule has 0 unspecified atom stereocenters. The lowest BCUT2D eigenvalue weighted by Gasteiger charge is -2.24. The summed E-state index contributed by atoms with van der Waals surface area (Å²) in [5.41, 5.74) is 6.79. The summed E-state index contributed by atoms with van der Waals surface area (Å²) >= 11 is 0. The first-order chi connectivity index (χ1) is 7.86. The monoisotopic (exact) mass is 217 g/mol. The van der Waals surface area contributed by atoms with Crippen LogP contribution in [-0.4, -0.2) is 26.1 Å². The Morgan fingerprint density at radius 3 is 2.88 bits per heavy atom. The number of nitrogens with zero attached hydrogens (tertiary/aromatic N) is 4. The third-order valence-electron chi connectivity index (χ3n) is 3.64. The molecule has 0 spiro atoms. The molecule has 1 fully saturated rings. The standard InChI is InChI=1S/C11H15N5/c12-8-11(3-1-2-4-11)10-15-14-9-7-13-5-6-16(9)10/h5-7H,1-4,8,12H2. The zero-order valence-corrected chi connectivity index (χ0v) is 9.13. The maximum atomic E-state index is 5.95. The van der Waals surface area contributed by atoms with E-state index in [0.29, 0.717) is 6.54 Å². The maximum absolute atomic E-state index is 5.95. The second-order valence-electron chi connectivity index (χ2n) is 4.52. The van der Waals surface area contributed by atoms with Crippen LogP contribution < -0.4 is 5.73 Å². The summed E-state index contributed by atoms with van der Waals surface area (Å²) in [5, 5.41) is 8.46. The molecule has 2 N–H and O–H groups in total. The lowest BCUT2D eigenvalue weighted by molar-refractivity contribution is 0.420. The largest absolute Gasteiger partial charge is 0.329 e. The van der Waals surface area contributed by atoms with E-state index < -0.39 is 0 Å². The molecule has 0 bridgehead atoms. The van der Waals surface area contributed by atoms with E-state index in [0.717, 1.165) is 24.3 Å². The Morgan fingerprint density at radius 1 is 1.31 bits per heavy atom. The Kier molecular flexibility index (Phi) is 2.14. The average molecular weight is 217 g/mol. The second-order valence-corrected chi connectivity index (χ2v) is 4.52. The molecule has 5 heteroatoms. The van der Waals surface area contributed by atoms with E-state index in [1.54, 1.807) is 12.4 Å². The van der Waals surface area contributed by atoms with Crippen LogP contribution in [0.15, 0.2) is 18.6 Å². The van der Waals surface area contributed by atoms with Crippen LogP contribution in [0.2, 0.25) is 0 Å². The van der Waals surface area contributed by atoms with E-state index in [-0.39, 0.29) is 5.41 Å². The van der Waals surface area contributed by atoms with Crippen molar-refractivity contribution in [2.45, 2.75) is 31.1 Å². The molecule has 84 valence electrons. The molecule has 1 aliphatic carbocycles. The van der Waals surface area contributed by atoms with E-state index in [1.165, 1.54) is 12.8 Å². The fraction of sp³-hybridized carbons (Fsp3) is 0.545. The predicted molar refractivity (Wildman–Crippen MR) is 60.0 cm³/mol. The van der Waals surface area contributed by atoms with Gasteiger partial charge in [0.05, 0.1) is 6.20 Å². The van der Waals surface area contributed by atoms with Gasteiger partial charge in [-0.25, -0.2) is 0 Å². The van der Waals surface area contributed by atoms with Gasteiger partial charge in [0.15, 0.2) is 5.65 Å². The van der Waals surface area contributed by atoms with Crippen LogP contribution >= 0.6 is 0 Å². The van der Waals surface area contributed by atoms with Crippen molar-refractivity contribution in [2.24, 2.45) is 5.73 Å². The van der Waals surface area contributed by atoms with Gasteiger partial charge in [-0.2, -0.15) is 0 Å². The summed E-state index contributed by atoms with van der Waals surface area (Å²) in [4.78, 5) is 4.05. The third kappa shape index (κ3) is 1.24. The number of rotatable bonds is 2. The van der Waals surface area contributed by atoms with Crippen molar-refractivity contribution in [2.75, 3.05) is 6.54 Å². The molecule has 2 aromatic rings. The molecule has 0 radical (unpaired) electrons. The van der Waals surface area contributed by atoms with Crippen LogP contribution in [0.25, 0.3) is 5.65 Å². The first-order valence-corrected chi connectivity index (χ1v) is 5.71. The summed E-state index contributed by atoms with van der Waals surface area (Å²) < 4.78 is 2.02. The van der Waals surface area contributed by atoms with E-state index in [4.69, 9.17) is 5.73 Å². The molecule has 0 aliphatic heterocycles. The minimum absolute atomic E-state index is 0.0285. The number of fused-ring (bicyclic) bond motifs is 1. The SMILES string of the molecule is NCC1(c2nnc3cnccn23)CCCC1. The highest BCUT2D eigenvalue weighted by atomic mass is 15.3. The lowest BCUT2D eigenvalue weighted by Crippen LogP contribution is -2.34. The Bertz CT molecular complexity index is 498. The van der Waals surface area contributed by atoms with Gasteiger partial charge in [0.1, 0.15) is 5.82 Å². The molecule has 0 atom stereocenters. The fourth-order valence-corrected chi connectivity index (χ4v) is 2.69. The van der Waals surface area contributed by atoms with Crippen molar-refractivity contribution >= 4 is 5.65 Å². The molecule has 0 saturated heterocycles. The highest BCUT2D eigenvalue weighted by molar-refractivity contribution is 5.36. The van der Waals surface area contributed by atoms with Crippen LogP contribution in [0, 0.1) is 0 Å². The van der Waals surface area contributed by atoms with Crippen LogP contribution in [0.3, 0.4) is 0 Å². The van der Waals surface area contributed by atoms with Gasteiger partial charge >= 0.3 is 0 Å². The second kappa shape index (κ2) is 3.52. The molecule has 0 aromatic carbocycles. The number of aromatic nitrogens is 4. The lowest BCUT2D eigenvalue weighted by atomic mass is 9.85. The number of hydrogen-bond acceptors (Lipinski definition) is 4. The number of hydrogen-bond donors (Lipinski definition) is 1. The quantitative estimate of drug-likeness (QED) is 0.811. The molecular weight excluding hydrogens is 202 g/mol. The van der Waals surface area contributed by atoms with Crippen molar-refractivity contribution in [1.82, 2.24) is 19.6 Å².